The molecule has 1 aliphatic heterocycles. The van der Waals surface area contributed by atoms with E-state index in [-0.39, 0.29) is 11.8 Å². The summed E-state index contributed by atoms with van der Waals surface area (Å²) in [6, 6.07) is 8.23. The number of hydrogen-bond donors (Lipinski definition) is 1. The largest absolute Gasteiger partial charge is 0.494 e. The molecule has 2 aromatic rings. The minimum absolute atomic E-state index is 0.0832. The zero-order valence-electron chi connectivity index (χ0n) is 21.6. The highest BCUT2D eigenvalue weighted by Gasteiger charge is 2.38. The number of amides is 2. The van der Waals surface area contributed by atoms with Gasteiger partial charge in [0.2, 0.25) is 17.7 Å². The van der Waals surface area contributed by atoms with Crippen molar-refractivity contribution >= 4 is 11.8 Å². The summed E-state index contributed by atoms with van der Waals surface area (Å²) in [5, 5.41) is 7.32. The Balaban J connectivity index is 1.25. The third-order valence-electron chi connectivity index (χ3n) is 7.19. The Labute approximate surface area is 213 Å². The fourth-order valence-electron chi connectivity index (χ4n) is 5.27. The van der Waals surface area contributed by atoms with Gasteiger partial charge in [-0.2, -0.15) is 4.98 Å². The first kappa shape index (κ1) is 26.1. The number of aromatic nitrogens is 2. The van der Waals surface area contributed by atoms with Gasteiger partial charge in [0.05, 0.1) is 6.61 Å². The summed E-state index contributed by atoms with van der Waals surface area (Å²) in [7, 11) is 0. The molecule has 0 spiro atoms. The van der Waals surface area contributed by atoms with Gasteiger partial charge in [0.15, 0.2) is 5.82 Å². The molecule has 1 N–H and O–H groups in total. The topological polar surface area (TPSA) is 101 Å². The number of hydrogen-bond acceptors (Lipinski definition) is 7. The van der Waals surface area contributed by atoms with Gasteiger partial charge in [0, 0.05) is 52.5 Å². The van der Waals surface area contributed by atoms with E-state index in [2.05, 4.69) is 32.5 Å². The lowest BCUT2D eigenvalue weighted by molar-refractivity contribution is -0.133. The Bertz CT molecular complexity index is 990. The molecule has 2 amide bonds. The maximum atomic E-state index is 12.8. The summed E-state index contributed by atoms with van der Waals surface area (Å²) < 4.78 is 11.0. The van der Waals surface area contributed by atoms with Crippen LogP contribution in [0.3, 0.4) is 0 Å². The van der Waals surface area contributed by atoms with Crippen LogP contribution in [0.2, 0.25) is 0 Å². The molecule has 1 aromatic heterocycles. The molecule has 1 saturated carbocycles. The molecule has 1 saturated heterocycles. The van der Waals surface area contributed by atoms with Crippen LogP contribution in [0.25, 0.3) is 0 Å². The molecule has 2 fully saturated rings. The minimum Gasteiger partial charge on any atom is -0.494 e. The van der Waals surface area contributed by atoms with E-state index >= 15 is 0 Å². The first-order chi connectivity index (χ1) is 17.5. The van der Waals surface area contributed by atoms with Crippen molar-refractivity contribution in [1.29, 1.82) is 0 Å². The van der Waals surface area contributed by atoms with Gasteiger partial charge in [-0.15, -0.1) is 0 Å². The van der Waals surface area contributed by atoms with Crippen molar-refractivity contribution in [3.63, 3.8) is 0 Å². The average molecular weight is 498 g/mol. The summed E-state index contributed by atoms with van der Waals surface area (Å²) in [6.45, 7) is 8.19. The highest BCUT2D eigenvalue weighted by Crippen LogP contribution is 2.34. The van der Waals surface area contributed by atoms with E-state index in [1.807, 2.05) is 24.0 Å². The number of aryl methyl sites for hydroxylation is 1. The Kier molecular flexibility index (Phi) is 8.96. The minimum atomic E-state index is -0.562. The monoisotopic (exact) mass is 497 g/mol. The Hall–Kier alpha value is -2.94. The molecule has 0 radical (unpaired) electrons. The van der Waals surface area contributed by atoms with Crippen molar-refractivity contribution < 1.29 is 18.8 Å². The van der Waals surface area contributed by atoms with Crippen LogP contribution in [-0.2, 0) is 28.1 Å². The highest BCUT2D eigenvalue weighted by atomic mass is 16.5. The van der Waals surface area contributed by atoms with Gasteiger partial charge >= 0.3 is 0 Å². The van der Waals surface area contributed by atoms with Crippen molar-refractivity contribution in [1.82, 2.24) is 25.3 Å². The van der Waals surface area contributed by atoms with Crippen LogP contribution in [0.1, 0.15) is 76.1 Å². The second kappa shape index (κ2) is 12.3. The zero-order chi connectivity index (χ0) is 25.4. The molecule has 196 valence electrons. The van der Waals surface area contributed by atoms with Crippen LogP contribution in [-0.4, -0.2) is 64.5 Å². The molecule has 1 aliphatic carbocycles. The molecule has 9 heteroatoms. The summed E-state index contributed by atoms with van der Waals surface area (Å²) in [5.74, 6) is 1.93. The molecule has 4 rings (SSSR count). The third-order valence-corrected chi connectivity index (χ3v) is 7.19. The first-order valence-corrected chi connectivity index (χ1v) is 13.3. The van der Waals surface area contributed by atoms with Crippen LogP contribution >= 0.6 is 0 Å². The van der Waals surface area contributed by atoms with Gasteiger partial charge in [-0.25, -0.2) is 0 Å². The SMILES string of the molecule is CCOc1ccc(CN2CCN(C(=O)CCc3nc(C4(NC(C)=O)CCCCCC4)no3)CC2)cc1. The Morgan fingerprint density at radius 1 is 1.06 bits per heavy atom. The maximum absolute atomic E-state index is 12.8. The van der Waals surface area contributed by atoms with Crippen molar-refractivity contribution in [2.45, 2.75) is 77.3 Å². The molecule has 2 heterocycles. The van der Waals surface area contributed by atoms with E-state index in [0.29, 0.717) is 31.2 Å². The number of ether oxygens (including phenoxy) is 1. The van der Waals surface area contributed by atoms with Crippen LogP contribution < -0.4 is 10.1 Å². The van der Waals surface area contributed by atoms with E-state index in [1.165, 1.54) is 12.5 Å². The van der Waals surface area contributed by atoms with E-state index in [4.69, 9.17) is 9.26 Å². The third kappa shape index (κ3) is 6.84. The Morgan fingerprint density at radius 2 is 1.75 bits per heavy atom. The standard InChI is InChI=1S/C27H39N5O4/c1-3-35-23-10-8-22(9-11-23)20-31-16-18-32(19-17-31)25(34)13-12-24-28-26(30-36-24)27(29-21(2)33)14-6-4-5-7-15-27/h8-11H,3-7,12-20H2,1-2H3,(H,29,33). The van der Waals surface area contributed by atoms with Crippen LogP contribution in [0.15, 0.2) is 28.8 Å². The van der Waals surface area contributed by atoms with E-state index in [9.17, 15) is 9.59 Å². The zero-order valence-corrected chi connectivity index (χ0v) is 21.6. The van der Waals surface area contributed by atoms with E-state index in [0.717, 1.165) is 77.0 Å². The number of carbonyl (C=O) groups is 2. The molecule has 1 aromatic carbocycles. The molecule has 36 heavy (non-hydrogen) atoms. The molecule has 9 nitrogen and oxygen atoms in total. The maximum Gasteiger partial charge on any atom is 0.227 e. The number of carbonyl (C=O) groups excluding carboxylic acids is 2. The highest BCUT2D eigenvalue weighted by molar-refractivity contribution is 5.76. The quantitative estimate of drug-likeness (QED) is 0.530. The van der Waals surface area contributed by atoms with Gasteiger partial charge in [-0.1, -0.05) is 43.0 Å². The van der Waals surface area contributed by atoms with Crippen LogP contribution in [0.4, 0.5) is 0 Å². The number of nitrogens with one attached hydrogen (secondary N) is 1. The van der Waals surface area contributed by atoms with Gasteiger partial charge in [0.1, 0.15) is 11.3 Å². The lowest BCUT2D eigenvalue weighted by Crippen LogP contribution is -2.48. The fourth-order valence-corrected chi connectivity index (χ4v) is 5.27. The average Bonchev–Trinajstić information content (AvgIpc) is 3.24. The lowest BCUT2D eigenvalue weighted by Gasteiger charge is -2.34. The number of nitrogens with zero attached hydrogens (tertiary/aromatic N) is 4. The Morgan fingerprint density at radius 3 is 2.39 bits per heavy atom. The van der Waals surface area contributed by atoms with Crippen LogP contribution in [0.5, 0.6) is 5.75 Å². The van der Waals surface area contributed by atoms with Gasteiger partial charge in [-0.05, 0) is 37.5 Å². The predicted octanol–water partition coefficient (Wildman–Crippen LogP) is 3.43. The predicted molar refractivity (Wildman–Crippen MR) is 135 cm³/mol. The molecule has 2 aliphatic rings. The van der Waals surface area contributed by atoms with Crippen molar-refractivity contribution in [3.05, 3.63) is 41.5 Å². The second-order valence-electron chi connectivity index (χ2n) is 9.92. The van der Waals surface area contributed by atoms with Gasteiger partial charge < -0.3 is 19.5 Å². The van der Waals surface area contributed by atoms with Crippen molar-refractivity contribution in [2.24, 2.45) is 0 Å². The molecular formula is C27H39N5O4. The van der Waals surface area contributed by atoms with E-state index in [1.54, 1.807) is 0 Å². The fraction of sp³-hybridized carbons (Fsp3) is 0.630. The van der Waals surface area contributed by atoms with Gasteiger partial charge in [-0.3, -0.25) is 14.5 Å². The van der Waals surface area contributed by atoms with Crippen molar-refractivity contribution in [2.75, 3.05) is 32.8 Å². The normalized spacial score (nSPS) is 18.4. The lowest BCUT2D eigenvalue weighted by atomic mass is 9.89. The number of benzene rings is 1. The van der Waals surface area contributed by atoms with Crippen molar-refractivity contribution in [3.8, 4) is 5.75 Å². The summed E-state index contributed by atoms with van der Waals surface area (Å²) in [6.07, 6.45) is 6.71. The molecule has 0 unspecified atom stereocenters. The number of rotatable bonds is 9. The molecular weight excluding hydrogens is 458 g/mol. The number of piperazine rings is 1. The summed E-state index contributed by atoms with van der Waals surface area (Å²) in [5.41, 5.74) is 0.685. The second-order valence-corrected chi connectivity index (χ2v) is 9.92. The van der Waals surface area contributed by atoms with E-state index < -0.39 is 5.54 Å². The smallest absolute Gasteiger partial charge is 0.227 e. The molecule has 0 atom stereocenters. The van der Waals surface area contributed by atoms with Crippen LogP contribution in [0, 0.1) is 0 Å². The molecule has 0 bridgehead atoms. The summed E-state index contributed by atoms with van der Waals surface area (Å²) >= 11 is 0. The summed E-state index contributed by atoms with van der Waals surface area (Å²) in [4.78, 5) is 33.7. The first-order valence-electron chi connectivity index (χ1n) is 13.3. The van der Waals surface area contributed by atoms with Gasteiger partial charge in [0.25, 0.3) is 0 Å².